The van der Waals surface area contributed by atoms with Crippen molar-refractivity contribution in [2.75, 3.05) is 0 Å². The summed E-state index contributed by atoms with van der Waals surface area (Å²) in [6, 6.07) is 2.45. The number of thioether (sulfide) groups is 1. The summed E-state index contributed by atoms with van der Waals surface area (Å²) in [6.07, 6.45) is 0. The van der Waals surface area contributed by atoms with Crippen LogP contribution in [0.2, 0.25) is 10.0 Å². The average molecular weight is 324 g/mol. The average Bonchev–Trinajstić information content (AvgIpc) is 2.28. The molecule has 0 spiro atoms. The molecule has 0 saturated carbocycles. The van der Waals surface area contributed by atoms with Crippen LogP contribution in [0.25, 0.3) is 0 Å². The minimum absolute atomic E-state index is 0.0640. The van der Waals surface area contributed by atoms with Crippen molar-refractivity contribution in [1.82, 2.24) is 0 Å². The van der Waals surface area contributed by atoms with Crippen LogP contribution in [0.5, 0.6) is 0 Å². The molecule has 104 valence electrons. The van der Waals surface area contributed by atoms with Crippen LogP contribution >= 0.6 is 35.0 Å². The molecule has 0 bridgehead atoms. The van der Waals surface area contributed by atoms with Crippen LogP contribution in [0.15, 0.2) is 17.0 Å². The lowest BCUT2D eigenvalue weighted by molar-refractivity contribution is -0.387. The maximum absolute atomic E-state index is 11.1. The highest BCUT2D eigenvalue weighted by molar-refractivity contribution is 8.00. The zero-order valence-corrected chi connectivity index (χ0v) is 12.4. The van der Waals surface area contributed by atoms with E-state index in [0.717, 1.165) is 17.8 Å². The molecule has 0 aromatic heterocycles. The number of hydrogen-bond acceptors (Lipinski definition) is 4. The molecule has 1 atom stereocenters. The van der Waals surface area contributed by atoms with Crippen molar-refractivity contribution >= 4 is 46.6 Å². The summed E-state index contributed by atoms with van der Waals surface area (Å²) in [6.45, 7) is 3.46. The van der Waals surface area contributed by atoms with E-state index in [0.29, 0.717) is 0 Å². The van der Waals surface area contributed by atoms with Crippen LogP contribution in [0, 0.1) is 16.0 Å². The third-order valence-corrected chi connectivity index (χ3v) is 4.60. The van der Waals surface area contributed by atoms with Crippen LogP contribution in [0.3, 0.4) is 0 Å². The van der Waals surface area contributed by atoms with Gasteiger partial charge in [-0.25, -0.2) is 0 Å². The standard InChI is InChI=1S/C11H11Cl2NO4S/c1-5(2)10(11(15)16)19-9-4-7(13)6(12)3-8(9)14(17)18/h3-5,10H,1-2H3,(H,15,16). The largest absolute Gasteiger partial charge is 0.480 e. The van der Waals surface area contributed by atoms with Crippen LogP contribution in [0.1, 0.15) is 13.8 Å². The van der Waals surface area contributed by atoms with Gasteiger partial charge in [0.15, 0.2) is 0 Å². The molecule has 0 aliphatic heterocycles. The topological polar surface area (TPSA) is 80.4 Å². The van der Waals surface area contributed by atoms with Crippen molar-refractivity contribution in [3.05, 3.63) is 32.3 Å². The zero-order valence-electron chi connectivity index (χ0n) is 10.1. The van der Waals surface area contributed by atoms with Crippen molar-refractivity contribution in [3.63, 3.8) is 0 Å². The number of hydrogen-bond donors (Lipinski definition) is 1. The Morgan fingerprint density at radius 2 is 1.89 bits per heavy atom. The first-order valence-corrected chi connectivity index (χ1v) is 6.90. The lowest BCUT2D eigenvalue weighted by atomic mass is 10.1. The second-order valence-electron chi connectivity index (χ2n) is 4.11. The molecule has 0 fully saturated rings. The van der Waals surface area contributed by atoms with Crippen molar-refractivity contribution in [2.45, 2.75) is 24.0 Å². The molecule has 1 unspecified atom stereocenters. The third-order valence-electron chi connectivity index (χ3n) is 2.30. The van der Waals surface area contributed by atoms with E-state index >= 15 is 0 Å². The summed E-state index contributed by atoms with van der Waals surface area (Å²) in [5.74, 6) is -1.21. The number of carbonyl (C=O) groups is 1. The first kappa shape index (κ1) is 16.1. The van der Waals surface area contributed by atoms with E-state index in [-0.39, 0.29) is 26.5 Å². The summed E-state index contributed by atoms with van der Waals surface area (Å²) in [7, 11) is 0. The summed E-state index contributed by atoms with van der Waals surface area (Å²) < 4.78 is 0. The van der Waals surface area contributed by atoms with Gasteiger partial charge in [-0.1, -0.05) is 37.0 Å². The Morgan fingerprint density at radius 3 is 2.32 bits per heavy atom. The Morgan fingerprint density at radius 1 is 1.37 bits per heavy atom. The fourth-order valence-corrected chi connectivity index (χ4v) is 2.84. The Balaban J connectivity index is 3.22. The Labute approximate surface area is 124 Å². The number of carboxylic acid groups (broad SMARTS) is 1. The van der Waals surface area contributed by atoms with Gasteiger partial charge in [-0.3, -0.25) is 14.9 Å². The first-order valence-electron chi connectivity index (χ1n) is 5.27. The molecule has 5 nitrogen and oxygen atoms in total. The van der Waals surface area contributed by atoms with Gasteiger partial charge in [0.1, 0.15) is 5.25 Å². The molecule has 0 heterocycles. The lowest BCUT2D eigenvalue weighted by Gasteiger charge is -2.15. The number of nitro groups is 1. The number of benzene rings is 1. The molecular formula is C11H11Cl2NO4S. The second-order valence-corrected chi connectivity index (χ2v) is 6.11. The maximum Gasteiger partial charge on any atom is 0.317 e. The minimum Gasteiger partial charge on any atom is -0.480 e. The Bertz CT molecular complexity index is 522. The molecule has 0 saturated heterocycles. The third kappa shape index (κ3) is 3.99. The number of aliphatic carboxylic acids is 1. The predicted molar refractivity (Wildman–Crippen MR) is 75.2 cm³/mol. The van der Waals surface area contributed by atoms with Gasteiger partial charge >= 0.3 is 5.97 Å². The van der Waals surface area contributed by atoms with Crippen LogP contribution in [0.4, 0.5) is 5.69 Å². The number of rotatable bonds is 5. The molecule has 0 aliphatic rings. The van der Waals surface area contributed by atoms with E-state index in [4.69, 9.17) is 28.3 Å². The van der Waals surface area contributed by atoms with Gasteiger partial charge in [-0.2, -0.15) is 0 Å². The SMILES string of the molecule is CC(C)C(Sc1cc(Cl)c(Cl)cc1[N+](=O)[O-])C(=O)O. The highest BCUT2D eigenvalue weighted by Gasteiger charge is 2.27. The van der Waals surface area contributed by atoms with Gasteiger partial charge in [0, 0.05) is 6.07 Å². The van der Waals surface area contributed by atoms with Crippen molar-refractivity contribution in [3.8, 4) is 0 Å². The van der Waals surface area contributed by atoms with Crippen LogP contribution in [-0.2, 0) is 4.79 Å². The van der Waals surface area contributed by atoms with Gasteiger partial charge in [-0.05, 0) is 12.0 Å². The van der Waals surface area contributed by atoms with Crippen molar-refractivity contribution in [1.29, 1.82) is 0 Å². The highest BCUT2D eigenvalue weighted by atomic mass is 35.5. The van der Waals surface area contributed by atoms with Crippen molar-refractivity contribution < 1.29 is 14.8 Å². The zero-order chi connectivity index (χ0) is 14.7. The Kier molecular flexibility index (Phi) is 5.46. The fraction of sp³-hybridized carbons (Fsp3) is 0.364. The summed E-state index contributed by atoms with van der Waals surface area (Å²) in [5, 5.41) is 19.5. The molecule has 19 heavy (non-hydrogen) atoms. The molecule has 1 aromatic carbocycles. The monoisotopic (exact) mass is 323 g/mol. The smallest absolute Gasteiger partial charge is 0.317 e. The first-order chi connectivity index (χ1) is 8.73. The van der Waals surface area contributed by atoms with E-state index in [1.807, 2.05) is 0 Å². The minimum atomic E-state index is -1.03. The van der Waals surface area contributed by atoms with E-state index < -0.39 is 16.1 Å². The van der Waals surface area contributed by atoms with Gasteiger partial charge in [0.05, 0.1) is 19.9 Å². The van der Waals surface area contributed by atoms with Gasteiger partial charge in [0.2, 0.25) is 0 Å². The van der Waals surface area contributed by atoms with E-state index in [2.05, 4.69) is 0 Å². The van der Waals surface area contributed by atoms with Crippen molar-refractivity contribution in [2.24, 2.45) is 5.92 Å². The highest BCUT2D eigenvalue weighted by Crippen LogP contribution is 2.39. The summed E-state index contributed by atoms with van der Waals surface area (Å²) >= 11 is 12.4. The van der Waals surface area contributed by atoms with E-state index in [1.165, 1.54) is 6.07 Å². The Hall–Kier alpha value is -0.980. The lowest BCUT2D eigenvalue weighted by Crippen LogP contribution is -2.22. The molecule has 1 rings (SSSR count). The second kappa shape index (κ2) is 6.45. The number of nitrogens with zero attached hydrogens (tertiary/aromatic N) is 1. The summed E-state index contributed by atoms with van der Waals surface area (Å²) in [4.78, 5) is 21.7. The molecule has 0 radical (unpaired) electrons. The normalized spacial score (nSPS) is 12.5. The number of nitro benzene ring substituents is 1. The van der Waals surface area contributed by atoms with E-state index in [9.17, 15) is 14.9 Å². The van der Waals surface area contributed by atoms with E-state index in [1.54, 1.807) is 13.8 Å². The van der Waals surface area contributed by atoms with Gasteiger partial charge < -0.3 is 5.11 Å². The van der Waals surface area contributed by atoms with Gasteiger partial charge in [-0.15, -0.1) is 11.8 Å². The molecular weight excluding hydrogens is 313 g/mol. The van der Waals surface area contributed by atoms with Crippen LogP contribution < -0.4 is 0 Å². The quantitative estimate of drug-likeness (QED) is 0.501. The molecule has 1 aromatic rings. The molecule has 0 amide bonds. The summed E-state index contributed by atoms with van der Waals surface area (Å²) in [5.41, 5.74) is -0.244. The number of halogens is 2. The number of carboxylic acids is 1. The molecule has 0 aliphatic carbocycles. The molecule has 8 heteroatoms. The van der Waals surface area contributed by atoms with Gasteiger partial charge in [0.25, 0.3) is 5.69 Å². The fourth-order valence-electron chi connectivity index (χ4n) is 1.36. The molecule has 1 N–H and O–H groups in total. The van der Waals surface area contributed by atoms with Crippen LogP contribution in [-0.4, -0.2) is 21.2 Å². The predicted octanol–water partition coefficient (Wildman–Crippen LogP) is 4.10. The maximum atomic E-state index is 11.1.